The van der Waals surface area contributed by atoms with Gasteiger partial charge in [-0.15, -0.1) is 13.2 Å². The van der Waals surface area contributed by atoms with Crippen molar-refractivity contribution in [1.82, 2.24) is 5.32 Å². The first-order chi connectivity index (χ1) is 12.8. The van der Waals surface area contributed by atoms with Crippen molar-refractivity contribution >= 4 is 17.5 Å². The molecular weight excluding hydrogens is 363 g/mol. The zero-order valence-electron chi connectivity index (χ0n) is 14.9. The topological polar surface area (TPSA) is 84.7 Å². The van der Waals surface area contributed by atoms with Crippen LogP contribution < -0.4 is 20.7 Å². The van der Waals surface area contributed by atoms with Crippen molar-refractivity contribution in [3.05, 3.63) is 24.3 Å². The van der Waals surface area contributed by atoms with Gasteiger partial charge in [-0.1, -0.05) is 18.9 Å². The van der Waals surface area contributed by atoms with E-state index >= 15 is 0 Å². The van der Waals surface area contributed by atoms with Crippen molar-refractivity contribution < 1.29 is 27.5 Å². The molecule has 1 saturated heterocycles. The van der Waals surface area contributed by atoms with Crippen molar-refractivity contribution in [2.24, 2.45) is 5.73 Å². The minimum atomic E-state index is -4.80. The summed E-state index contributed by atoms with van der Waals surface area (Å²) in [6, 6.07) is 4.59. The number of nitrogens with one attached hydrogen (secondary N) is 1. The first-order valence-corrected chi connectivity index (χ1v) is 8.97. The van der Waals surface area contributed by atoms with Gasteiger partial charge in [0.05, 0.1) is 0 Å². The molecule has 2 rings (SSSR count). The normalized spacial score (nSPS) is 17.3. The maximum atomic E-state index is 12.5. The Labute approximate surface area is 155 Å². The lowest BCUT2D eigenvalue weighted by molar-refractivity contribution is -0.274. The number of hydrogen-bond donors (Lipinski definition) is 2. The number of unbranched alkanes of at least 4 members (excludes halogenated alkanes) is 3. The number of hydrogen-bond acceptors (Lipinski definition) is 4. The summed E-state index contributed by atoms with van der Waals surface area (Å²) in [4.78, 5) is 25.8. The monoisotopic (exact) mass is 387 g/mol. The van der Waals surface area contributed by atoms with Crippen molar-refractivity contribution in [2.45, 2.75) is 50.9 Å². The molecule has 3 N–H and O–H groups in total. The van der Waals surface area contributed by atoms with Crippen LogP contribution in [0.25, 0.3) is 0 Å². The van der Waals surface area contributed by atoms with E-state index in [0.717, 1.165) is 31.7 Å². The molecule has 0 saturated carbocycles. The fourth-order valence-electron chi connectivity index (χ4n) is 2.97. The zero-order valence-corrected chi connectivity index (χ0v) is 14.9. The molecule has 0 bridgehead atoms. The second-order valence-corrected chi connectivity index (χ2v) is 6.40. The van der Waals surface area contributed by atoms with Gasteiger partial charge in [0.2, 0.25) is 11.8 Å². The van der Waals surface area contributed by atoms with Crippen molar-refractivity contribution in [2.75, 3.05) is 18.0 Å². The van der Waals surface area contributed by atoms with Crippen LogP contribution in [0.1, 0.15) is 38.5 Å². The largest absolute Gasteiger partial charge is 0.573 e. The first-order valence-electron chi connectivity index (χ1n) is 8.97. The van der Waals surface area contributed by atoms with E-state index in [2.05, 4.69) is 10.1 Å². The van der Waals surface area contributed by atoms with E-state index in [1.165, 1.54) is 23.1 Å². The highest BCUT2D eigenvalue weighted by atomic mass is 19.4. The first kappa shape index (κ1) is 21.0. The minimum absolute atomic E-state index is 0.197. The smallest absolute Gasteiger partial charge is 0.406 e. The van der Waals surface area contributed by atoms with Crippen LogP contribution in [0.4, 0.5) is 18.9 Å². The lowest BCUT2D eigenvalue weighted by Gasteiger charge is -2.18. The fraction of sp³-hybridized carbons (Fsp3) is 0.556. The third-order valence-electron chi connectivity index (χ3n) is 4.26. The molecule has 1 unspecified atom stereocenters. The number of nitrogens with zero attached hydrogens (tertiary/aromatic N) is 1. The van der Waals surface area contributed by atoms with Gasteiger partial charge in [-0.25, -0.2) is 0 Å². The number of halogens is 3. The number of amides is 2. The highest BCUT2D eigenvalue weighted by Gasteiger charge is 2.35. The number of carbonyl (C=O) groups excluding carboxylic acids is 2. The maximum absolute atomic E-state index is 12.5. The molecule has 150 valence electrons. The van der Waals surface area contributed by atoms with Gasteiger partial charge in [0, 0.05) is 24.7 Å². The highest BCUT2D eigenvalue weighted by Crippen LogP contribution is 2.29. The minimum Gasteiger partial charge on any atom is -0.406 e. The van der Waals surface area contributed by atoms with Crippen LogP contribution in [-0.2, 0) is 9.59 Å². The van der Waals surface area contributed by atoms with Crippen LogP contribution in [0.3, 0.4) is 0 Å². The van der Waals surface area contributed by atoms with Crippen molar-refractivity contribution in [3.63, 3.8) is 0 Å². The molecule has 27 heavy (non-hydrogen) atoms. The summed E-state index contributed by atoms with van der Waals surface area (Å²) in [5.74, 6) is -0.925. The van der Waals surface area contributed by atoms with E-state index in [0.29, 0.717) is 31.6 Å². The Balaban J connectivity index is 1.87. The molecule has 6 nitrogen and oxygen atoms in total. The van der Waals surface area contributed by atoms with Crippen molar-refractivity contribution in [3.8, 4) is 5.75 Å². The number of benzene rings is 1. The zero-order chi connectivity index (χ0) is 19.9. The summed E-state index contributed by atoms with van der Waals surface area (Å²) in [5.41, 5.74) is 5.72. The van der Waals surface area contributed by atoms with Crippen molar-refractivity contribution in [1.29, 1.82) is 0 Å². The molecule has 0 aromatic heterocycles. The molecule has 9 heteroatoms. The number of alkyl halides is 3. The van der Waals surface area contributed by atoms with Gasteiger partial charge in [-0.2, -0.15) is 0 Å². The van der Waals surface area contributed by atoms with E-state index in [1.807, 2.05) is 0 Å². The second kappa shape index (κ2) is 9.59. The Hall–Kier alpha value is -2.29. The van der Waals surface area contributed by atoms with E-state index in [1.54, 1.807) is 0 Å². The summed E-state index contributed by atoms with van der Waals surface area (Å²) in [6.07, 6.45) is -0.528. The summed E-state index contributed by atoms with van der Waals surface area (Å²) < 4.78 is 40.9. The number of anilines is 1. The van der Waals surface area contributed by atoms with Crippen LogP contribution in [0.5, 0.6) is 5.75 Å². The molecule has 1 aromatic carbocycles. The molecular formula is C18H24F3N3O3. The standard InChI is InChI=1S/C18H24F3N3O3/c19-18(20,21)27-14-7-5-6-13(12-14)24-11-9-15(17(24)26)23-16(25)8-3-1-2-4-10-22/h5-7,12,15H,1-4,8-11,22H2,(H,23,25). The van der Waals surface area contributed by atoms with E-state index in [4.69, 9.17) is 5.73 Å². The van der Waals surface area contributed by atoms with Crippen LogP contribution >= 0.6 is 0 Å². The van der Waals surface area contributed by atoms with Crippen LogP contribution in [0.15, 0.2) is 24.3 Å². The van der Waals surface area contributed by atoms with Gasteiger partial charge < -0.3 is 20.7 Å². The van der Waals surface area contributed by atoms with Gasteiger partial charge >= 0.3 is 6.36 Å². The molecule has 1 aliphatic heterocycles. The number of rotatable bonds is 9. The van der Waals surface area contributed by atoms with Crippen LogP contribution in [0.2, 0.25) is 0 Å². The summed E-state index contributed by atoms with van der Waals surface area (Å²) in [6.45, 7) is 0.948. The molecule has 1 aromatic rings. The van der Waals surface area contributed by atoms with E-state index in [-0.39, 0.29) is 11.8 Å². The van der Waals surface area contributed by atoms with Gasteiger partial charge in [-0.3, -0.25) is 9.59 Å². The van der Waals surface area contributed by atoms with Crippen LogP contribution in [-0.4, -0.2) is 37.3 Å². The van der Waals surface area contributed by atoms with E-state index < -0.39 is 18.2 Å². The van der Waals surface area contributed by atoms with Gasteiger partial charge in [0.25, 0.3) is 0 Å². The lowest BCUT2D eigenvalue weighted by Crippen LogP contribution is -2.41. The second-order valence-electron chi connectivity index (χ2n) is 6.40. The highest BCUT2D eigenvalue weighted by molar-refractivity contribution is 6.01. The molecule has 1 heterocycles. The fourth-order valence-corrected chi connectivity index (χ4v) is 2.97. The molecule has 1 fully saturated rings. The maximum Gasteiger partial charge on any atom is 0.573 e. The van der Waals surface area contributed by atoms with Crippen LogP contribution in [0, 0.1) is 0 Å². The summed E-state index contributed by atoms with van der Waals surface area (Å²) in [7, 11) is 0. The number of ether oxygens (including phenoxy) is 1. The third kappa shape index (κ3) is 6.74. The Morgan fingerprint density at radius 2 is 2.00 bits per heavy atom. The Morgan fingerprint density at radius 3 is 2.70 bits per heavy atom. The average Bonchev–Trinajstić information content (AvgIpc) is 2.94. The molecule has 2 amide bonds. The molecule has 1 aliphatic rings. The van der Waals surface area contributed by atoms with Gasteiger partial charge in [0.1, 0.15) is 11.8 Å². The SMILES string of the molecule is NCCCCCCC(=O)NC1CCN(c2cccc(OC(F)(F)F)c2)C1=O. The average molecular weight is 387 g/mol. The predicted molar refractivity (Wildman–Crippen MR) is 94.2 cm³/mol. The summed E-state index contributed by atoms with van der Waals surface area (Å²) in [5, 5.41) is 2.71. The van der Waals surface area contributed by atoms with E-state index in [9.17, 15) is 22.8 Å². The molecule has 1 atom stereocenters. The lowest BCUT2D eigenvalue weighted by atomic mass is 10.1. The molecule has 0 spiro atoms. The Kier molecular flexibility index (Phi) is 7.46. The van der Waals surface area contributed by atoms with Gasteiger partial charge in [0.15, 0.2) is 0 Å². The third-order valence-corrected chi connectivity index (χ3v) is 4.26. The molecule has 0 radical (unpaired) electrons. The Morgan fingerprint density at radius 1 is 1.26 bits per heavy atom. The molecule has 0 aliphatic carbocycles. The quantitative estimate of drug-likeness (QED) is 0.638. The summed E-state index contributed by atoms with van der Waals surface area (Å²) >= 11 is 0. The Bertz CT molecular complexity index is 652. The number of nitrogens with two attached hydrogens (primary N) is 1. The van der Waals surface area contributed by atoms with Gasteiger partial charge in [-0.05, 0) is 37.9 Å². The number of carbonyl (C=O) groups is 2. The predicted octanol–water partition coefficient (Wildman–Crippen LogP) is 2.72.